The van der Waals surface area contributed by atoms with Crippen LogP contribution in [0.25, 0.3) is 10.3 Å². The van der Waals surface area contributed by atoms with Crippen LogP contribution >= 0.6 is 11.3 Å². The number of aromatic nitrogens is 4. The second-order valence-electron chi connectivity index (χ2n) is 7.01. The number of hydrogen-bond acceptors (Lipinski definition) is 11. The number of alkyl halides is 2. The predicted molar refractivity (Wildman–Crippen MR) is 114 cm³/mol. The Morgan fingerprint density at radius 1 is 1.31 bits per heavy atom. The average molecular weight is 466 g/mol. The molecule has 3 aromatic heterocycles. The molecule has 0 aliphatic carbocycles. The Morgan fingerprint density at radius 3 is 2.84 bits per heavy atom. The molecular weight excluding hydrogens is 446 g/mol. The van der Waals surface area contributed by atoms with E-state index in [1.165, 1.54) is 28.5 Å². The molecule has 0 saturated carbocycles. The number of amides is 1. The van der Waals surface area contributed by atoms with Crippen LogP contribution in [-0.4, -0.2) is 63.4 Å². The van der Waals surface area contributed by atoms with Crippen LogP contribution < -0.4 is 20.7 Å². The first-order valence-electron chi connectivity index (χ1n) is 9.60. The third kappa shape index (κ3) is 4.75. The van der Waals surface area contributed by atoms with Crippen molar-refractivity contribution in [2.75, 3.05) is 35.6 Å². The number of nitrogens with zero attached hydrogens (tertiary/aromatic N) is 6. The zero-order chi connectivity index (χ0) is 22.8. The van der Waals surface area contributed by atoms with E-state index in [4.69, 9.17) is 10.6 Å². The number of nitrogens with two attached hydrogens (primary N) is 1. The van der Waals surface area contributed by atoms with Gasteiger partial charge < -0.3 is 20.2 Å². The molecule has 0 unspecified atom stereocenters. The van der Waals surface area contributed by atoms with E-state index in [1.807, 2.05) is 11.8 Å². The number of anilines is 3. The Morgan fingerprint density at radius 2 is 2.12 bits per heavy atom. The molecule has 1 amide bonds. The van der Waals surface area contributed by atoms with Crippen LogP contribution in [0.5, 0.6) is 5.88 Å². The van der Waals surface area contributed by atoms with Gasteiger partial charge in [-0.1, -0.05) is 0 Å². The number of aryl methyl sites for hydroxylation is 1. The van der Waals surface area contributed by atoms with Gasteiger partial charge in [0.2, 0.25) is 11.8 Å². The zero-order valence-corrected chi connectivity index (χ0v) is 18.0. The molecule has 3 N–H and O–H groups in total. The first-order valence-corrected chi connectivity index (χ1v) is 10.5. The van der Waals surface area contributed by atoms with Crippen molar-refractivity contribution in [1.29, 1.82) is 0 Å². The summed E-state index contributed by atoms with van der Waals surface area (Å²) in [6, 6.07) is 2.60. The maximum atomic E-state index is 12.3. The fraction of sp³-hybridized carbons (Fsp3) is 0.389. The van der Waals surface area contributed by atoms with Crippen molar-refractivity contribution in [3.63, 3.8) is 0 Å². The van der Waals surface area contributed by atoms with Gasteiger partial charge in [-0.3, -0.25) is 5.32 Å². The van der Waals surface area contributed by atoms with Crippen LogP contribution in [0.2, 0.25) is 0 Å². The number of nitrogen functional groups attached to an aromatic ring is 1. The van der Waals surface area contributed by atoms with Gasteiger partial charge in [0.05, 0.1) is 30.0 Å². The van der Waals surface area contributed by atoms with Gasteiger partial charge in [0.15, 0.2) is 10.6 Å². The molecule has 1 saturated heterocycles. The number of thiazole rings is 1. The average Bonchev–Trinajstić information content (AvgIpc) is 3.17. The minimum Gasteiger partial charge on any atom is -0.417 e. The molecule has 1 fully saturated rings. The molecule has 11 nitrogen and oxygen atoms in total. The molecular formula is C18H20F2N8O3S. The summed E-state index contributed by atoms with van der Waals surface area (Å²) in [6.07, 6.45) is -0.716. The van der Waals surface area contributed by atoms with Crippen molar-refractivity contribution in [1.82, 2.24) is 25.0 Å². The van der Waals surface area contributed by atoms with Gasteiger partial charge in [0.25, 0.3) is 0 Å². The monoisotopic (exact) mass is 466 g/mol. The number of rotatable bonds is 5. The number of hydrogen-bond donors (Lipinski definition) is 2. The Labute approximate surface area is 185 Å². The van der Waals surface area contributed by atoms with Gasteiger partial charge in [-0.15, -0.1) is 16.4 Å². The summed E-state index contributed by atoms with van der Waals surface area (Å²) in [5.74, 6) is 0.593. The van der Waals surface area contributed by atoms with E-state index in [1.54, 1.807) is 12.4 Å². The highest BCUT2D eigenvalue weighted by Crippen LogP contribution is 2.29. The number of nitrogens with one attached hydrogen (secondary N) is 1. The first kappa shape index (κ1) is 21.8. The van der Waals surface area contributed by atoms with Crippen LogP contribution in [0.4, 0.5) is 31.0 Å². The highest BCUT2D eigenvalue weighted by molar-refractivity contribution is 7.16. The second-order valence-corrected chi connectivity index (χ2v) is 7.84. The van der Waals surface area contributed by atoms with Gasteiger partial charge in [-0.25, -0.2) is 19.7 Å². The van der Waals surface area contributed by atoms with Gasteiger partial charge in [0, 0.05) is 18.7 Å². The number of carbonyl (C=O) groups is 1. The van der Waals surface area contributed by atoms with E-state index in [9.17, 15) is 13.6 Å². The SMILES string of the molecule is Cc1nc(OC(F)F)ccc1NC(=O)ON1CCN(c2nc(N)nc3scnc23)[C@@H](C)C1. The molecule has 0 spiro atoms. The third-order valence-corrected chi connectivity index (χ3v) is 5.50. The summed E-state index contributed by atoms with van der Waals surface area (Å²) in [4.78, 5) is 37.3. The van der Waals surface area contributed by atoms with Crippen molar-refractivity contribution in [2.45, 2.75) is 26.5 Å². The molecule has 32 heavy (non-hydrogen) atoms. The second kappa shape index (κ2) is 9.00. The normalized spacial score (nSPS) is 17.0. The molecule has 1 aliphatic heterocycles. The Bertz CT molecular complexity index is 1130. The number of halogens is 2. The molecule has 3 aromatic rings. The van der Waals surface area contributed by atoms with Crippen LogP contribution in [0.3, 0.4) is 0 Å². The van der Waals surface area contributed by atoms with Crippen molar-refractivity contribution in [3.05, 3.63) is 23.3 Å². The number of pyridine rings is 1. The Hall–Kier alpha value is -3.39. The number of piperazine rings is 1. The topological polar surface area (TPSA) is 132 Å². The molecule has 1 aliphatic rings. The van der Waals surface area contributed by atoms with Crippen molar-refractivity contribution in [2.24, 2.45) is 0 Å². The van der Waals surface area contributed by atoms with Gasteiger partial charge in [-0.2, -0.15) is 13.8 Å². The molecule has 4 rings (SSSR count). The lowest BCUT2D eigenvalue weighted by atomic mass is 10.2. The molecule has 0 bridgehead atoms. The minimum atomic E-state index is -2.98. The molecule has 0 aromatic carbocycles. The van der Waals surface area contributed by atoms with Crippen LogP contribution in [-0.2, 0) is 4.84 Å². The van der Waals surface area contributed by atoms with E-state index in [0.717, 1.165) is 0 Å². The summed E-state index contributed by atoms with van der Waals surface area (Å²) in [7, 11) is 0. The van der Waals surface area contributed by atoms with E-state index in [2.05, 4.69) is 30.0 Å². The fourth-order valence-electron chi connectivity index (χ4n) is 3.36. The molecule has 170 valence electrons. The van der Waals surface area contributed by atoms with Gasteiger partial charge in [-0.05, 0) is 19.9 Å². The van der Waals surface area contributed by atoms with E-state index >= 15 is 0 Å². The molecule has 4 heterocycles. The summed E-state index contributed by atoms with van der Waals surface area (Å²) in [5, 5.41) is 4.09. The summed E-state index contributed by atoms with van der Waals surface area (Å²) in [6.45, 7) is 1.92. The largest absolute Gasteiger partial charge is 0.430 e. The standard InChI is InChI=1S/C18H20F2N8O3S/c1-9-7-27(5-6-28(9)14-13-15(32-8-22-13)26-17(21)25-14)31-18(29)24-11-3-4-12(23-10(11)2)30-16(19)20/h3-4,8-9,16H,5-7H2,1-2H3,(H,24,29)(H2,21,25,26)/t9-/m0/s1. The van der Waals surface area contributed by atoms with Crippen molar-refractivity contribution in [3.8, 4) is 5.88 Å². The first-order chi connectivity index (χ1) is 15.3. The maximum absolute atomic E-state index is 12.3. The van der Waals surface area contributed by atoms with Gasteiger partial charge in [0.1, 0.15) is 5.52 Å². The summed E-state index contributed by atoms with van der Waals surface area (Å²) >= 11 is 1.39. The van der Waals surface area contributed by atoms with E-state index in [0.29, 0.717) is 47.2 Å². The summed E-state index contributed by atoms with van der Waals surface area (Å²) in [5.41, 5.74) is 8.86. The van der Waals surface area contributed by atoms with Crippen LogP contribution in [0.1, 0.15) is 12.6 Å². The Kier molecular flexibility index (Phi) is 6.14. The highest BCUT2D eigenvalue weighted by Gasteiger charge is 2.29. The number of hydroxylamine groups is 2. The lowest BCUT2D eigenvalue weighted by Crippen LogP contribution is -2.53. The van der Waals surface area contributed by atoms with E-state index < -0.39 is 12.7 Å². The number of ether oxygens (including phenoxy) is 1. The van der Waals surface area contributed by atoms with Gasteiger partial charge >= 0.3 is 12.7 Å². The lowest BCUT2D eigenvalue weighted by molar-refractivity contribution is -0.103. The molecule has 1 atom stereocenters. The van der Waals surface area contributed by atoms with Crippen molar-refractivity contribution >= 4 is 45.2 Å². The smallest absolute Gasteiger partial charge is 0.417 e. The quantitative estimate of drug-likeness (QED) is 0.578. The predicted octanol–water partition coefficient (Wildman–Crippen LogP) is 2.65. The van der Waals surface area contributed by atoms with E-state index in [-0.39, 0.29) is 17.9 Å². The van der Waals surface area contributed by atoms with Crippen LogP contribution in [0.15, 0.2) is 17.6 Å². The third-order valence-electron chi connectivity index (χ3n) is 4.78. The van der Waals surface area contributed by atoms with Crippen molar-refractivity contribution < 1.29 is 23.1 Å². The number of carbonyl (C=O) groups excluding carboxylic acids is 1. The highest BCUT2D eigenvalue weighted by atomic mass is 32.1. The molecule has 0 radical (unpaired) electrons. The summed E-state index contributed by atoms with van der Waals surface area (Å²) < 4.78 is 28.8. The zero-order valence-electron chi connectivity index (χ0n) is 17.2. The minimum absolute atomic E-state index is 0.0510. The van der Waals surface area contributed by atoms with Crippen LogP contribution in [0, 0.1) is 6.92 Å². The fourth-order valence-corrected chi connectivity index (χ4v) is 4.02. The number of fused-ring (bicyclic) bond motifs is 1. The maximum Gasteiger partial charge on any atom is 0.430 e. The lowest BCUT2D eigenvalue weighted by Gasteiger charge is -2.39. The molecule has 14 heteroatoms. The Balaban J connectivity index is 1.37.